The van der Waals surface area contributed by atoms with E-state index in [1.165, 1.54) is 7.11 Å². The van der Waals surface area contributed by atoms with Crippen LogP contribution in [0.15, 0.2) is 0 Å². The Morgan fingerprint density at radius 1 is 1.26 bits per heavy atom. The van der Waals surface area contributed by atoms with Crippen LogP contribution >= 0.6 is 0 Å². The fourth-order valence-electron chi connectivity index (χ4n) is 3.06. The van der Waals surface area contributed by atoms with Crippen LogP contribution in [-0.2, 0) is 19.1 Å². The lowest BCUT2D eigenvalue weighted by Gasteiger charge is -2.21. The normalized spacial score (nSPS) is 25.2. The number of carbonyl (C=O) groups is 2. The fraction of sp³-hybridized carbons (Fsp3) is 0.857. The van der Waals surface area contributed by atoms with Gasteiger partial charge in [0.15, 0.2) is 0 Å². The molecule has 5 heteroatoms. The molecule has 1 amide bonds. The van der Waals surface area contributed by atoms with Crippen molar-refractivity contribution in [1.29, 1.82) is 0 Å². The zero-order valence-corrected chi connectivity index (χ0v) is 11.5. The molecule has 2 atom stereocenters. The first-order chi connectivity index (χ1) is 9.22. The molecule has 0 radical (unpaired) electrons. The van der Waals surface area contributed by atoms with Gasteiger partial charge in [0.05, 0.1) is 13.2 Å². The third kappa shape index (κ3) is 3.69. The first-order valence-corrected chi connectivity index (χ1v) is 7.19. The highest BCUT2D eigenvalue weighted by Crippen LogP contribution is 2.32. The van der Waals surface area contributed by atoms with E-state index in [0.29, 0.717) is 6.54 Å². The van der Waals surface area contributed by atoms with E-state index < -0.39 is 11.9 Å². The Bertz CT molecular complexity index is 319. The second-order valence-electron chi connectivity index (χ2n) is 5.43. The molecule has 0 aromatic rings. The number of amides is 1. The number of carbonyl (C=O) groups excluding carboxylic acids is 2. The monoisotopic (exact) mass is 269 g/mol. The van der Waals surface area contributed by atoms with Crippen molar-refractivity contribution in [2.24, 2.45) is 11.8 Å². The molecule has 0 aromatic carbocycles. The Labute approximate surface area is 114 Å². The number of esters is 1. The third-order valence-corrected chi connectivity index (χ3v) is 4.14. The van der Waals surface area contributed by atoms with Gasteiger partial charge in [-0.15, -0.1) is 0 Å². The summed E-state index contributed by atoms with van der Waals surface area (Å²) in [4.78, 5) is 24.0. The summed E-state index contributed by atoms with van der Waals surface area (Å²) < 4.78 is 10.3. The number of rotatable bonds is 5. The van der Waals surface area contributed by atoms with Gasteiger partial charge in [-0.3, -0.25) is 9.59 Å². The Morgan fingerprint density at radius 3 is 2.58 bits per heavy atom. The van der Waals surface area contributed by atoms with Crippen LogP contribution in [0.3, 0.4) is 0 Å². The SMILES string of the molecule is COC(=O)[C@@H](C(=O)NC[C@@H]1CCCO1)C1CCCC1. The van der Waals surface area contributed by atoms with Gasteiger partial charge in [0, 0.05) is 13.2 Å². The summed E-state index contributed by atoms with van der Waals surface area (Å²) in [5.74, 6) is -1.11. The highest BCUT2D eigenvalue weighted by molar-refractivity contribution is 5.98. The largest absolute Gasteiger partial charge is 0.468 e. The van der Waals surface area contributed by atoms with Crippen LogP contribution in [0.4, 0.5) is 0 Å². The molecule has 5 nitrogen and oxygen atoms in total. The summed E-state index contributed by atoms with van der Waals surface area (Å²) in [7, 11) is 1.34. The topological polar surface area (TPSA) is 64.6 Å². The molecule has 108 valence electrons. The van der Waals surface area contributed by atoms with Crippen LogP contribution < -0.4 is 5.32 Å². The molecule has 1 aliphatic heterocycles. The molecule has 0 bridgehead atoms. The van der Waals surface area contributed by atoms with E-state index in [2.05, 4.69) is 5.32 Å². The van der Waals surface area contributed by atoms with Crippen LogP contribution in [0, 0.1) is 11.8 Å². The fourth-order valence-corrected chi connectivity index (χ4v) is 3.06. The highest BCUT2D eigenvalue weighted by Gasteiger charge is 2.37. The Kier molecular flexibility index (Phi) is 5.19. The summed E-state index contributed by atoms with van der Waals surface area (Å²) >= 11 is 0. The van der Waals surface area contributed by atoms with E-state index in [1.54, 1.807) is 0 Å². The second-order valence-corrected chi connectivity index (χ2v) is 5.43. The molecular formula is C14H23NO4. The summed E-state index contributed by atoms with van der Waals surface area (Å²) in [5, 5.41) is 2.85. The van der Waals surface area contributed by atoms with Gasteiger partial charge in [0.1, 0.15) is 5.92 Å². The van der Waals surface area contributed by atoms with Crippen LogP contribution in [0.2, 0.25) is 0 Å². The van der Waals surface area contributed by atoms with E-state index in [0.717, 1.165) is 45.1 Å². The summed E-state index contributed by atoms with van der Waals surface area (Å²) in [6.45, 7) is 1.27. The maximum Gasteiger partial charge on any atom is 0.318 e. The number of hydrogen-bond acceptors (Lipinski definition) is 4. The minimum absolute atomic E-state index is 0.103. The van der Waals surface area contributed by atoms with Crippen LogP contribution in [0.5, 0.6) is 0 Å². The van der Waals surface area contributed by atoms with Crippen LogP contribution in [0.25, 0.3) is 0 Å². The van der Waals surface area contributed by atoms with Gasteiger partial charge >= 0.3 is 5.97 Å². The van der Waals surface area contributed by atoms with E-state index in [1.807, 2.05) is 0 Å². The van der Waals surface area contributed by atoms with Crippen LogP contribution in [0.1, 0.15) is 38.5 Å². The van der Waals surface area contributed by atoms with Crippen molar-refractivity contribution in [3.63, 3.8) is 0 Å². The molecule has 1 saturated carbocycles. The van der Waals surface area contributed by atoms with E-state index in [4.69, 9.17) is 9.47 Å². The number of nitrogens with one attached hydrogen (secondary N) is 1. The lowest BCUT2D eigenvalue weighted by Crippen LogP contribution is -2.42. The van der Waals surface area contributed by atoms with Crippen LogP contribution in [-0.4, -0.2) is 38.2 Å². The van der Waals surface area contributed by atoms with Crippen molar-refractivity contribution in [2.75, 3.05) is 20.3 Å². The standard InChI is InChI=1S/C14H23NO4/c1-18-14(17)12(10-5-2-3-6-10)13(16)15-9-11-7-4-8-19-11/h10-12H,2-9H2,1H3,(H,15,16)/t11-,12+/m0/s1. The van der Waals surface area contributed by atoms with Gasteiger partial charge in [-0.2, -0.15) is 0 Å². The minimum Gasteiger partial charge on any atom is -0.468 e. The van der Waals surface area contributed by atoms with E-state index in [9.17, 15) is 9.59 Å². The zero-order chi connectivity index (χ0) is 13.7. The molecule has 2 rings (SSSR count). The van der Waals surface area contributed by atoms with Gasteiger partial charge in [-0.1, -0.05) is 12.8 Å². The Morgan fingerprint density at radius 2 is 2.00 bits per heavy atom. The molecule has 0 unspecified atom stereocenters. The van der Waals surface area contributed by atoms with Gasteiger partial charge < -0.3 is 14.8 Å². The first kappa shape index (κ1) is 14.3. The molecule has 19 heavy (non-hydrogen) atoms. The summed E-state index contributed by atoms with van der Waals surface area (Å²) in [6.07, 6.45) is 6.19. The Hall–Kier alpha value is -1.10. The highest BCUT2D eigenvalue weighted by atomic mass is 16.5. The van der Waals surface area contributed by atoms with E-state index >= 15 is 0 Å². The second kappa shape index (κ2) is 6.89. The lowest BCUT2D eigenvalue weighted by molar-refractivity contribution is -0.152. The van der Waals surface area contributed by atoms with Gasteiger partial charge in [-0.25, -0.2) is 0 Å². The van der Waals surface area contributed by atoms with Crippen molar-refractivity contribution in [3.8, 4) is 0 Å². The van der Waals surface area contributed by atoms with Crippen molar-refractivity contribution in [2.45, 2.75) is 44.6 Å². The quantitative estimate of drug-likeness (QED) is 0.603. The molecule has 1 N–H and O–H groups in total. The van der Waals surface area contributed by atoms with Gasteiger partial charge in [-0.05, 0) is 31.6 Å². The van der Waals surface area contributed by atoms with Crippen molar-refractivity contribution in [3.05, 3.63) is 0 Å². The molecule has 2 fully saturated rings. The maximum absolute atomic E-state index is 12.2. The first-order valence-electron chi connectivity index (χ1n) is 7.19. The van der Waals surface area contributed by atoms with Crippen molar-refractivity contribution >= 4 is 11.9 Å². The molecule has 1 saturated heterocycles. The molecule has 0 aromatic heterocycles. The van der Waals surface area contributed by atoms with Crippen molar-refractivity contribution < 1.29 is 19.1 Å². The third-order valence-electron chi connectivity index (χ3n) is 4.14. The molecule has 0 spiro atoms. The molecule has 2 aliphatic rings. The Balaban J connectivity index is 1.88. The number of hydrogen-bond donors (Lipinski definition) is 1. The van der Waals surface area contributed by atoms with E-state index in [-0.39, 0.29) is 17.9 Å². The number of ether oxygens (including phenoxy) is 2. The maximum atomic E-state index is 12.2. The summed E-state index contributed by atoms with van der Waals surface area (Å²) in [5.41, 5.74) is 0. The molecular weight excluding hydrogens is 246 g/mol. The smallest absolute Gasteiger partial charge is 0.318 e. The average molecular weight is 269 g/mol. The van der Waals surface area contributed by atoms with Gasteiger partial charge in [0.25, 0.3) is 0 Å². The van der Waals surface area contributed by atoms with Gasteiger partial charge in [0.2, 0.25) is 5.91 Å². The predicted molar refractivity (Wildman–Crippen MR) is 69.4 cm³/mol. The minimum atomic E-state index is -0.645. The molecule has 1 aliphatic carbocycles. The lowest BCUT2D eigenvalue weighted by atomic mass is 9.90. The average Bonchev–Trinajstić information content (AvgIpc) is 3.09. The summed E-state index contributed by atoms with van der Waals surface area (Å²) in [6, 6.07) is 0. The zero-order valence-electron chi connectivity index (χ0n) is 11.5. The molecule has 1 heterocycles. The predicted octanol–water partition coefficient (Wildman–Crippen LogP) is 1.26. The van der Waals surface area contributed by atoms with Crippen molar-refractivity contribution in [1.82, 2.24) is 5.32 Å². The number of methoxy groups -OCH3 is 1.